The topological polar surface area (TPSA) is 57.8 Å². The summed E-state index contributed by atoms with van der Waals surface area (Å²) >= 11 is 7.38. The lowest BCUT2D eigenvalue weighted by molar-refractivity contribution is -0.113. The molecule has 0 aliphatic rings. The average Bonchev–Trinajstić information content (AvgIpc) is 2.97. The van der Waals surface area contributed by atoms with Crippen LogP contribution in [0.1, 0.15) is 22.5 Å². The molecule has 0 saturated heterocycles. The highest BCUT2D eigenvalue weighted by Crippen LogP contribution is 2.22. The maximum Gasteiger partial charge on any atom is 0.234 e. The number of carbonyl (C=O) groups excluding carboxylic acids is 1. The molecule has 0 unspecified atom stereocenters. The molecule has 2 aromatic carbocycles. The Bertz CT molecular complexity index is 909. The smallest absolute Gasteiger partial charge is 0.234 e. The number of nitrogens with zero attached hydrogens (tertiary/aromatic N) is 1. The molecular formula is C20H20ClN3OS. The van der Waals surface area contributed by atoms with Crippen molar-refractivity contribution in [1.82, 2.24) is 9.97 Å². The molecule has 1 amide bonds. The van der Waals surface area contributed by atoms with Gasteiger partial charge in [-0.2, -0.15) is 0 Å². The molecule has 3 rings (SSSR count). The van der Waals surface area contributed by atoms with Gasteiger partial charge in [0.05, 0.1) is 11.4 Å². The predicted molar refractivity (Wildman–Crippen MR) is 108 cm³/mol. The molecule has 0 saturated carbocycles. The molecule has 2 N–H and O–H groups in total. The Morgan fingerprint density at radius 3 is 2.73 bits per heavy atom. The van der Waals surface area contributed by atoms with Crippen molar-refractivity contribution in [2.45, 2.75) is 25.4 Å². The zero-order chi connectivity index (χ0) is 18.5. The van der Waals surface area contributed by atoms with Crippen molar-refractivity contribution in [2.24, 2.45) is 0 Å². The van der Waals surface area contributed by atoms with E-state index in [0.717, 1.165) is 34.2 Å². The van der Waals surface area contributed by atoms with Gasteiger partial charge >= 0.3 is 0 Å². The lowest BCUT2D eigenvalue weighted by Crippen LogP contribution is -2.14. The van der Waals surface area contributed by atoms with Crippen molar-refractivity contribution < 1.29 is 4.79 Å². The number of hydrogen-bond donors (Lipinski definition) is 2. The summed E-state index contributed by atoms with van der Waals surface area (Å²) in [5, 5.41) is 4.26. The number of rotatable bonds is 6. The SMILES string of the molecule is Cc1ccc(Cl)cc1NC(=O)CSc1nc(Cc2ccccc2)c(C)[nH]1. The summed E-state index contributed by atoms with van der Waals surface area (Å²) in [5.41, 5.74) is 4.97. The Morgan fingerprint density at radius 1 is 1.19 bits per heavy atom. The Labute approximate surface area is 162 Å². The van der Waals surface area contributed by atoms with Crippen molar-refractivity contribution in [1.29, 1.82) is 0 Å². The molecule has 0 bridgehead atoms. The van der Waals surface area contributed by atoms with Crippen LogP contribution in [0.5, 0.6) is 0 Å². The summed E-state index contributed by atoms with van der Waals surface area (Å²) in [7, 11) is 0. The van der Waals surface area contributed by atoms with E-state index in [9.17, 15) is 4.79 Å². The Morgan fingerprint density at radius 2 is 1.96 bits per heavy atom. The van der Waals surface area contributed by atoms with Gasteiger partial charge in [-0.25, -0.2) is 4.98 Å². The molecule has 0 aliphatic heterocycles. The fourth-order valence-corrected chi connectivity index (χ4v) is 3.46. The molecule has 1 aromatic heterocycles. The molecular weight excluding hydrogens is 366 g/mol. The minimum Gasteiger partial charge on any atom is -0.337 e. The van der Waals surface area contributed by atoms with Crippen molar-refractivity contribution in [3.05, 3.63) is 76.1 Å². The van der Waals surface area contributed by atoms with Crippen LogP contribution in [0.3, 0.4) is 0 Å². The van der Waals surface area contributed by atoms with E-state index in [1.807, 2.05) is 38.1 Å². The number of aromatic amines is 1. The maximum atomic E-state index is 12.2. The first-order chi connectivity index (χ1) is 12.5. The third-order valence-electron chi connectivity index (χ3n) is 3.99. The molecule has 1 heterocycles. The fraction of sp³-hybridized carbons (Fsp3) is 0.200. The van der Waals surface area contributed by atoms with Crippen LogP contribution < -0.4 is 5.32 Å². The number of benzene rings is 2. The second kappa shape index (κ2) is 8.43. The minimum absolute atomic E-state index is 0.0842. The Hall–Kier alpha value is -2.24. The number of halogens is 1. The van der Waals surface area contributed by atoms with Gasteiger partial charge in [0.1, 0.15) is 0 Å². The molecule has 3 aromatic rings. The molecule has 0 fully saturated rings. The molecule has 26 heavy (non-hydrogen) atoms. The van der Waals surface area contributed by atoms with Gasteiger partial charge in [-0.1, -0.05) is 59.8 Å². The molecule has 0 radical (unpaired) electrons. The van der Waals surface area contributed by atoms with E-state index < -0.39 is 0 Å². The summed E-state index contributed by atoms with van der Waals surface area (Å²) in [6.45, 7) is 3.94. The van der Waals surface area contributed by atoms with Crippen LogP contribution in [-0.2, 0) is 11.2 Å². The first-order valence-electron chi connectivity index (χ1n) is 8.29. The fourth-order valence-electron chi connectivity index (χ4n) is 2.55. The summed E-state index contributed by atoms with van der Waals surface area (Å²) in [6.07, 6.45) is 0.775. The first-order valence-corrected chi connectivity index (χ1v) is 9.66. The van der Waals surface area contributed by atoms with Crippen LogP contribution in [-0.4, -0.2) is 21.6 Å². The van der Waals surface area contributed by atoms with E-state index in [-0.39, 0.29) is 11.7 Å². The summed E-state index contributed by atoms with van der Waals surface area (Å²) in [5.74, 6) is 0.197. The van der Waals surface area contributed by atoms with Crippen LogP contribution in [0.15, 0.2) is 53.7 Å². The molecule has 0 atom stereocenters. The predicted octanol–water partition coefficient (Wildman–Crippen LogP) is 5.00. The maximum absolute atomic E-state index is 12.2. The van der Waals surface area contributed by atoms with E-state index in [0.29, 0.717) is 5.02 Å². The Kier molecular flexibility index (Phi) is 6.01. The summed E-state index contributed by atoms with van der Waals surface area (Å²) in [6, 6.07) is 15.7. The van der Waals surface area contributed by atoms with E-state index >= 15 is 0 Å². The van der Waals surface area contributed by atoms with Gasteiger partial charge < -0.3 is 10.3 Å². The largest absolute Gasteiger partial charge is 0.337 e. The van der Waals surface area contributed by atoms with Crippen LogP contribution in [0.2, 0.25) is 5.02 Å². The normalized spacial score (nSPS) is 10.7. The number of imidazole rings is 1. The van der Waals surface area contributed by atoms with Gasteiger partial charge in [-0.3, -0.25) is 4.79 Å². The molecule has 0 aliphatic carbocycles. The highest BCUT2D eigenvalue weighted by Gasteiger charge is 2.11. The van der Waals surface area contributed by atoms with Crippen molar-refractivity contribution in [2.75, 3.05) is 11.1 Å². The number of aromatic nitrogens is 2. The number of carbonyl (C=O) groups is 1. The quantitative estimate of drug-likeness (QED) is 0.587. The highest BCUT2D eigenvalue weighted by atomic mass is 35.5. The lowest BCUT2D eigenvalue weighted by Gasteiger charge is -2.08. The van der Waals surface area contributed by atoms with Crippen LogP contribution >= 0.6 is 23.4 Å². The van der Waals surface area contributed by atoms with Gasteiger partial charge in [-0.15, -0.1) is 0 Å². The summed E-state index contributed by atoms with van der Waals surface area (Å²) < 4.78 is 0. The number of nitrogens with one attached hydrogen (secondary N) is 2. The Balaban J connectivity index is 1.58. The zero-order valence-electron chi connectivity index (χ0n) is 14.7. The van der Waals surface area contributed by atoms with Crippen LogP contribution in [0.25, 0.3) is 0 Å². The van der Waals surface area contributed by atoms with E-state index in [1.54, 1.807) is 12.1 Å². The number of thioether (sulfide) groups is 1. The average molecular weight is 386 g/mol. The van der Waals surface area contributed by atoms with Gasteiger partial charge in [-0.05, 0) is 37.1 Å². The molecule has 6 heteroatoms. The summed E-state index contributed by atoms with van der Waals surface area (Å²) in [4.78, 5) is 20.1. The van der Waals surface area contributed by atoms with Crippen LogP contribution in [0, 0.1) is 13.8 Å². The zero-order valence-corrected chi connectivity index (χ0v) is 16.2. The minimum atomic E-state index is -0.0842. The van der Waals surface area contributed by atoms with Gasteiger partial charge in [0, 0.05) is 22.8 Å². The van der Waals surface area contributed by atoms with Crippen molar-refractivity contribution in [3.8, 4) is 0 Å². The standard InChI is InChI=1S/C20H20ClN3OS/c1-13-8-9-16(21)11-17(13)23-19(25)12-26-20-22-14(2)18(24-20)10-15-6-4-3-5-7-15/h3-9,11H,10,12H2,1-2H3,(H,22,24)(H,23,25). The number of hydrogen-bond acceptors (Lipinski definition) is 3. The van der Waals surface area contributed by atoms with Gasteiger partial charge in [0.2, 0.25) is 5.91 Å². The van der Waals surface area contributed by atoms with E-state index in [2.05, 4.69) is 27.4 Å². The number of aryl methyl sites for hydroxylation is 2. The molecule has 134 valence electrons. The van der Waals surface area contributed by atoms with Crippen molar-refractivity contribution in [3.63, 3.8) is 0 Å². The third-order valence-corrected chi connectivity index (χ3v) is 5.10. The van der Waals surface area contributed by atoms with Gasteiger partial charge in [0.25, 0.3) is 0 Å². The second-order valence-corrected chi connectivity index (χ2v) is 7.47. The van der Waals surface area contributed by atoms with E-state index in [1.165, 1.54) is 17.3 Å². The van der Waals surface area contributed by atoms with Crippen molar-refractivity contribution >= 4 is 35.0 Å². The second-order valence-electron chi connectivity index (χ2n) is 6.07. The first kappa shape index (κ1) is 18.5. The molecule has 4 nitrogen and oxygen atoms in total. The monoisotopic (exact) mass is 385 g/mol. The van der Waals surface area contributed by atoms with Crippen LogP contribution in [0.4, 0.5) is 5.69 Å². The third kappa shape index (κ3) is 4.90. The highest BCUT2D eigenvalue weighted by molar-refractivity contribution is 7.99. The van der Waals surface area contributed by atoms with E-state index in [4.69, 9.17) is 11.6 Å². The number of amides is 1. The number of H-pyrrole nitrogens is 1. The molecule has 0 spiro atoms. The lowest BCUT2D eigenvalue weighted by atomic mass is 10.1. The van der Waals surface area contributed by atoms with Gasteiger partial charge in [0.15, 0.2) is 5.16 Å². The number of anilines is 1.